The summed E-state index contributed by atoms with van der Waals surface area (Å²) >= 11 is 0. The Labute approximate surface area is 223 Å². The molecule has 2 aliphatic rings. The van der Waals surface area contributed by atoms with Gasteiger partial charge < -0.3 is 9.80 Å². The normalized spacial score (nSPS) is 19.1. The van der Waals surface area contributed by atoms with Gasteiger partial charge in [0.2, 0.25) is 11.8 Å². The van der Waals surface area contributed by atoms with Gasteiger partial charge >= 0.3 is 0 Å². The van der Waals surface area contributed by atoms with Gasteiger partial charge in [-0.25, -0.2) is 5.10 Å². The van der Waals surface area contributed by atoms with Gasteiger partial charge in [-0.1, -0.05) is 26.8 Å². The van der Waals surface area contributed by atoms with E-state index in [1.54, 1.807) is 0 Å². The molecule has 2 aliphatic heterocycles. The molecule has 0 bridgehead atoms. The molecule has 2 N–H and O–H groups in total. The van der Waals surface area contributed by atoms with E-state index < -0.39 is 5.92 Å². The predicted octanol–water partition coefficient (Wildman–Crippen LogP) is 3.61. The molecule has 1 fully saturated rings. The number of nitrogens with one attached hydrogen (secondary N) is 2. The molecule has 9 heteroatoms. The van der Waals surface area contributed by atoms with Gasteiger partial charge in [0.15, 0.2) is 0 Å². The number of H-pyrrole nitrogens is 2. The highest BCUT2D eigenvalue weighted by Crippen LogP contribution is 2.34. The van der Waals surface area contributed by atoms with Crippen molar-refractivity contribution in [3.8, 4) is 0 Å². The molecule has 1 atom stereocenters. The third kappa shape index (κ3) is 5.24. The number of rotatable bonds is 4. The van der Waals surface area contributed by atoms with Crippen molar-refractivity contribution in [1.29, 1.82) is 0 Å². The summed E-state index contributed by atoms with van der Waals surface area (Å²) in [6, 6.07) is 4.01. The fraction of sp³-hybridized carbons (Fsp3) is 0.552. The zero-order chi connectivity index (χ0) is 27.2. The van der Waals surface area contributed by atoms with Crippen molar-refractivity contribution in [2.24, 2.45) is 11.3 Å². The topological polar surface area (TPSA) is 115 Å². The summed E-state index contributed by atoms with van der Waals surface area (Å²) in [7, 11) is 0. The lowest BCUT2D eigenvalue weighted by Gasteiger charge is -2.34. The standard InChI is InChI=1S/C29H38N6O3/c1-17-10-20-12-21(28(38)35(16-29(3,4)5)15-24(20)23-14-30-32-26(17)23)13-25(36)34-8-6-19(7-9-34)22-11-18(2)31-33-27(22)37/h10-11,14,19,21H,6-9,12-13,15-16H2,1-5H3,(H,30,32)(H,33,37). The molecule has 3 aromatic rings. The number of fused-ring (bicyclic) bond motifs is 3. The highest BCUT2D eigenvalue weighted by molar-refractivity contribution is 5.90. The van der Waals surface area contributed by atoms with E-state index in [0.717, 1.165) is 51.7 Å². The molecule has 1 aromatic carbocycles. The first-order valence-electron chi connectivity index (χ1n) is 13.6. The summed E-state index contributed by atoms with van der Waals surface area (Å²) in [5.74, 6) is -0.230. The fourth-order valence-electron chi connectivity index (χ4n) is 6.13. The number of piperidine rings is 1. The van der Waals surface area contributed by atoms with Crippen LogP contribution in [0.25, 0.3) is 10.9 Å². The quantitative estimate of drug-likeness (QED) is 0.548. The molecule has 202 valence electrons. The van der Waals surface area contributed by atoms with Gasteiger partial charge in [-0.3, -0.25) is 19.5 Å². The molecule has 0 aliphatic carbocycles. The third-order valence-corrected chi connectivity index (χ3v) is 7.95. The molecule has 9 nitrogen and oxygen atoms in total. The van der Waals surface area contributed by atoms with Crippen LogP contribution < -0.4 is 5.56 Å². The Morgan fingerprint density at radius 3 is 2.55 bits per heavy atom. The van der Waals surface area contributed by atoms with Gasteiger partial charge in [0.1, 0.15) is 0 Å². The van der Waals surface area contributed by atoms with Crippen molar-refractivity contribution in [3.63, 3.8) is 0 Å². The van der Waals surface area contributed by atoms with Crippen LogP contribution in [0, 0.1) is 25.2 Å². The first kappa shape index (κ1) is 26.1. The van der Waals surface area contributed by atoms with E-state index in [1.807, 2.05) is 29.0 Å². The number of aromatic amines is 2. The minimum absolute atomic E-state index is 0.0156. The van der Waals surface area contributed by atoms with E-state index in [9.17, 15) is 14.4 Å². The lowest BCUT2D eigenvalue weighted by molar-refractivity contribution is -0.142. The Morgan fingerprint density at radius 2 is 1.84 bits per heavy atom. The van der Waals surface area contributed by atoms with Crippen LogP contribution in [-0.2, 0) is 22.6 Å². The first-order valence-corrected chi connectivity index (χ1v) is 13.6. The number of hydrogen-bond donors (Lipinski definition) is 2. The van der Waals surface area contributed by atoms with Gasteiger partial charge in [-0.15, -0.1) is 0 Å². The van der Waals surface area contributed by atoms with Crippen LogP contribution in [0.1, 0.15) is 73.9 Å². The number of aryl methyl sites for hydroxylation is 2. The maximum absolute atomic E-state index is 13.9. The number of carbonyl (C=O) groups is 2. The summed E-state index contributed by atoms with van der Waals surface area (Å²) in [4.78, 5) is 43.5. The van der Waals surface area contributed by atoms with E-state index in [2.05, 4.69) is 54.2 Å². The van der Waals surface area contributed by atoms with Crippen molar-refractivity contribution in [2.75, 3.05) is 19.6 Å². The van der Waals surface area contributed by atoms with Gasteiger partial charge in [0, 0.05) is 43.5 Å². The minimum Gasteiger partial charge on any atom is -0.343 e. The predicted molar refractivity (Wildman–Crippen MR) is 146 cm³/mol. The van der Waals surface area contributed by atoms with E-state index in [-0.39, 0.29) is 35.1 Å². The van der Waals surface area contributed by atoms with E-state index in [0.29, 0.717) is 32.6 Å². The zero-order valence-electron chi connectivity index (χ0n) is 23.1. The molecule has 1 unspecified atom stereocenters. The Morgan fingerprint density at radius 1 is 1.11 bits per heavy atom. The molecule has 5 rings (SSSR count). The molecule has 2 amide bonds. The first-order chi connectivity index (χ1) is 18.0. The number of likely N-dealkylation sites (tertiary alicyclic amines) is 1. The molecular formula is C29H38N6O3. The van der Waals surface area contributed by atoms with Crippen LogP contribution in [0.15, 0.2) is 23.1 Å². The van der Waals surface area contributed by atoms with Crippen LogP contribution in [0.3, 0.4) is 0 Å². The number of benzene rings is 1. The average Bonchev–Trinajstić information content (AvgIpc) is 3.32. The maximum atomic E-state index is 13.9. The molecule has 38 heavy (non-hydrogen) atoms. The van der Waals surface area contributed by atoms with E-state index >= 15 is 0 Å². The van der Waals surface area contributed by atoms with Crippen LogP contribution >= 0.6 is 0 Å². The maximum Gasteiger partial charge on any atom is 0.267 e. The van der Waals surface area contributed by atoms with Crippen molar-refractivity contribution in [1.82, 2.24) is 30.2 Å². The van der Waals surface area contributed by atoms with Crippen LogP contribution in [-0.4, -0.2) is 61.6 Å². The molecule has 0 radical (unpaired) electrons. The number of hydrogen-bond acceptors (Lipinski definition) is 5. The van der Waals surface area contributed by atoms with E-state index in [4.69, 9.17) is 0 Å². The van der Waals surface area contributed by atoms with Crippen LogP contribution in [0.5, 0.6) is 0 Å². The Bertz CT molecular complexity index is 1420. The summed E-state index contributed by atoms with van der Waals surface area (Å²) in [6.45, 7) is 12.6. The number of nitrogens with zero attached hydrogens (tertiary/aromatic N) is 4. The highest BCUT2D eigenvalue weighted by atomic mass is 16.2. The second kappa shape index (κ2) is 10.0. The highest BCUT2D eigenvalue weighted by Gasteiger charge is 2.36. The third-order valence-electron chi connectivity index (χ3n) is 7.95. The Kier molecular flexibility index (Phi) is 6.88. The number of aromatic nitrogens is 4. The van der Waals surface area contributed by atoms with E-state index in [1.165, 1.54) is 0 Å². The monoisotopic (exact) mass is 518 g/mol. The smallest absolute Gasteiger partial charge is 0.267 e. The summed E-state index contributed by atoms with van der Waals surface area (Å²) in [6.07, 6.45) is 4.05. The zero-order valence-corrected chi connectivity index (χ0v) is 23.1. The second-order valence-electron chi connectivity index (χ2n) is 12.3. The van der Waals surface area contributed by atoms with Crippen molar-refractivity contribution < 1.29 is 9.59 Å². The molecular weight excluding hydrogens is 480 g/mol. The van der Waals surface area contributed by atoms with Crippen LogP contribution in [0.2, 0.25) is 0 Å². The molecule has 0 spiro atoms. The van der Waals surface area contributed by atoms with Crippen molar-refractivity contribution in [3.05, 3.63) is 56.6 Å². The SMILES string of the molecule is Cc1cc(C2CCN(C(=O)CC3Cc4cc(C)c5[nH]ncc5c4CN(CC(C)(C)C)C3=O)CC2)c(=O)[nH]n1. The fourth-order valence-corrected chi connectivity index (χ4v) is 6.13. The molecule has 4 heterocycles. The van der Waals surface area contributed by atoms with Crippen molar-refractivity contribution in [2.45, 2.75) is 72.8 Å². The van der Waals surface area contributed by atoms with Gasteiger partial charge in [0.05, 0.1) is 23.3 Å². The minimum atomic E-state index is -0.404. The molecule has 1 saturated heterocycles. The lowest BCUT2D eigenvalue weighted by atomic mass is 9.88. The summed E-state index contributed by atoms with van der Waals surface area (Å²) in [5, 5.41) is 15.0. The average molecular weight is 519 g/mol. The second-order valence-corrected chi connectivity index (χ2v) is 12.3. The number of amides is 2. The summed E-state index contributed by atoms with van der Waals surface area (Å²) < 4.78 is 0. The molecule has 0 saturated carbocycles. The van der Waals surface area contributed by atoms with Crippen molar-refractivity contribution >= 4 is 22.7 Å². The van der Waals surface area contributed by atoms with Gasteiger partial charge in [-0.05, 0) is 67.2 Å². The molecule has 2 aromatic heterocycles. The Hall–Kier alpha value is -3.49. The Balaban J connectivity index is 1.35. The van der Waals surface area contributed by atoms with Gasteiger partial charge in [-0.2, -0.15) is 10.2 Å². The summed E-state index contributed by atoms with van der Waals surface area (Å²) in [5.41, 5.74) is 5.68. The number of carbonyl (C=O) groups excluding carboxylic acids is 2. The van der Waals surface area contributed by atoms with Gasteiger partial charge in [0.25, 0.3) is 5.56 Å². The largest absolute Gasteiger partial charge is 0.343 e. The lowest BCUT2D eigenvalue weighted by Crippen LogP contribution is -2.43. The van der Waals surface area contributed by atoms with Crippen LogP contribution in [0.4, 0.5) is 0 Å².